The van der Waals surface area contributed by atoms with Crippen molar-refractivity contribution in [3.8, 4) is 11.8 Å². The summed E-state index contributed by atoms with van der Waals surface area (Å²) in [6.45, 7) is 1.51. The van der Waals surface area contributed by atoms with Crippen LogP contribution in [0.25, 0.3) is 0 Å². The average molecular weight is 287 g/mol. The van der Waals surface area contributed by atoms with E-state index in [2.05, 4.69) is 16.3 Å². The van der Waals surface area contributed by atoms with Crippen LogP contribution in [0.15, 0.2) is 18.2 Å². The fraction of sp³-hybridized carbons (Fsp3) is 0.500. The quantitative estimate of drug-likeness (QED) is 0.915. The van der Waals surface area contributed by atoms with Gasteiger partial charge in [-0.1, -0.05) is 6.42 Å². The fourth-order valence-electron chi connectivity index (χ4n) is 2.83. The number of amides is 1. The summed E-state index contributed by atoms with van der Waals surface area (Å²) in [6.07, 6.45) is 3.04. The molecule has 0 saturated carbocycles. The third kappa shape index (κ3) is 3.53. The van der Waals surface area contributed by atoms with Gasteiger partial charge in [-0.25, -0.2) is 0 Å². The van der Waals surface area contributed by atoms with Gasteiger partial charge in [0.15, 0.2) is 0 Å². The molecule has 1 N–H and O–H groups in total. The standard InChI is InChI=1S/C16H21N3O2/c1-18-16(20)14-5-3-4-8-19(14)11-13-9-12(10-17)6-7-15(13)21-2/h6-7,9,14H,3-5,8,11H2,1-2H3,(H,18,20). The monoisotopic (exact) mass is 287 g/mol. The van der Waals surface area contributed by atoms with Gasteiger partial charge in [-0.3, -0.25) is 9.69 Å². The maximum Gasteiger partial charge on any atom is 0.237 e. The van der Waals surface area contributed by atoms with Crippen molar-refractivity contribution in [2.75, 3.05) is 20.7 Å². The van der Waals surface area contributed by atoms with Crippen LogP contribution in [0.2, 0.25) is 0 Å². The van der Waals surface area contributed by atoms with Crippen molar-refractivity contribution in [2.45, 2.75) is 31.8 Å². The van der Waals surface area contributed by atoms with Gasteiger partial charge in [0.05, 0.1) is 24.8 Å². The van der Waals surface area contributed by atoms with E-state index in [4.69, 9.17) is 10.00 Å². The van der Waals surface area contributed by atoms with E-state index in [1.165, 1.54) is 0 Å². The van der Waals surface area contributed by atoms with Crippen LogP contribution in [-0.2, 0) is 11.3 Å². The molecule has 21 heavy (non-hydrogen) atoms. The number of rotatable bonds is 4. The molecule has 5 heteroatoms. The molecule has 1 aliphatic heterocycles. The molecule has 0 aliphatic carbocycles. The number of carbonyl (C=O) groups is 1. The SMILES string of the molecule is CNC(=O)C1CCCCN1Cc1cc(C#N)ccc1OC. The van der Waals surface area contributed by atoms with Crippen molar-refractivity contribution in [1.29, 1.82) is 5.26 Å². The number of methoxy groups -OCH3 is 1. The average Bonchev–Trinajstić information content (AvgIpc) is 2.54. The molecule has 1 aliphatic rings. The molecule has 1 heterocycles. The summed E-state index contributed by atoms with van der Waals surface area (Å²) in [6, 6.07) is 7.45. The Morgan fingerprint density at radius 1 is 1.52 bits per heavy atom. The second-order valence-corrected chi connectivity index (χ2v) is 5.23. The van der Waals surface area contributed by atoms with Crippen LogP contribution in [-0.4, -0.2) is 37.6 Å². The number of hydrogen-bond acceptors (Lipinski definition) is 4. The molecular weight excluding hydrogens is 266 g/mol. The van der Waals surface area contributed by atoms with E-state index in [-0.39, 0.29) is 11.9 Å². The Kier molecular flexibility index (Phi) is 5.18. The topological polar surface area (TPSA) is 65.4 Å². The number of likely N-dealkylation sites (tertiary alicyclic amines) is 1. The lowest BCUT2D eigenvalue weighted by Crippen LogP contribution is -2.48. The van der Waals surface area contributed by atoms with E-state index in [1.54, 1.807) is 20.2 Å². The lowest BCUT2D eigenvalue weighted by Gasteiger charge is -2.34. The first-order valence-corrected chi connectivity index (χ1v) is 7.22. The van der Waals surface area contributed by atoms with E-state index in [9.17, 15) is 4.79 Å². The van der Waals surface area contributed by atoms with Crippen molar-refractivity contribution in [1.82, 2.24) is 10.2 Å². The Bertz CT molecular complexity index is 551. The number of benzene rings is 1. The lowest BCUT2D eigenvalue weighted by molar-refractivity contribution is -0.127. The molecule has 1 saturated heterocycles. The molecule has 1 atom stereocenters. The number of piperidine rings is 1. The molecule has 0 aromatic heterocycles. The fourth-order valence-corrected chi connectivity index (χ4v) is 2.83. The molecule has 1 fully saturated rings. The van der Waals surface area contributed by atoms with Gasteiger partial charge >= 0.3 is 0 Å². The van der Waals surface area contributed by atoms with Crippen LogP contribution in [0.5, 0.6) is 5.75 Å². The van der Waals surface area contributed by atoms with Gasteiger partial charge in [-0.05, 0) is 37.6 Å². The first kappa shape index (κ1) is 15.3. The van der Waals surface area contributed by atoms with Crippen LogP contribution >= 0.6 is 0 Å². The van der Waals surface area contributed by atoms with E-state index in [0.29, 0.717) is 12.1 Å². The van der Waals surface area contributed by atoms with Crippen molar-refractivity contribution < 1.29 is 9.53 Å². The Balaban J connectivity index is 2.22. The van der Waals surface area contributed by atoms with Crippen molar-refractivity contribution in [3.63, 3.8) is 0 Å². The van der Waals surface area contributed by atoms with Crippen molar-refractivity contribution >= 4 is 5.91 Å². The van der Waals surface area contributed by atoms with Gasteiger partial charge in [0, 0.05) is 19.2 Å². The molecule has 1 amide bonds. The lowest BCUT2D eigenvalue weighted by atomic mass is 10.00. The number of nitriles is 1. The first-order valence-electron chi connectivity index (χ1n) is 7.22. The van der Waals surface area contributed by atoms with Gasteiger partial charge < -0.3 is 10.1 Å². The molecule has 5 nitrogen and oxygen atoms in total. The highest BCUT2D eigenvalue weighted by molar-refractivity contribution is 5.81. The van der Waals surface area contributed by atoms with E-state index in [1.807, 2.05) is 12.1 Å². The summed E-state index contributed by atoms with van der Waals surface area (Å²) < 4.78 is 5.37. The highest BCUT2D eigenvalue weighted by Crippen LogP contribution is 2.25. The molecule has 1 unspecified atom stereocenters. The Hall–Kier alpha value is -2.06. The summed E-state index contributed by atoms with van der Waals surface area (Å²) in [4.78, 5) is 14.2. The summed E-state index contributed by atoms with van der Waals surface area (Å²) >= 11 is 0. The minimum absolute atomic E-state index is 0.0603. The molecule has 112 valence electrons. The van der Waals surface area contributed by atoms with Crippen LogP contribution in [0.3, 0.4) is 0 Å². The van der Waals surface area contributed by atoms with Crippen molar-refractivity contribution in [3.05, 3.63) is 29.3 Å². The van der Waals surface area contributed by atoms with Gasteiger partial charge in [-0.15, -0.1) is 0 Å². The second kappa shape index (κ2) is 7.09. The van der Waals surface area contributed by atoms with Gasteiger partial charge in [0.2, 0.25) is 5.91 Å². The summed E-state index contributed by atoms with van der Waals surface area (Å²) in [5, 5.41) is 11.8. The highest BCUT2D eigenvalue weighted by Gasteiger charge is 2.28. The van der Waals surface area contributed by atoms with Crippen LogP contribution < -0.4 is 10.1 Å². The second-order valence-electron chi connectivity index (χ2n) is 5.23. The number of carbonyl (C=O) groups excluding carboxylic acids is 1. The summed E-state index contributed by atoms with van der Waals surface area (Å²) in [5.41, 5.74) is 1.56. The Morgan fingerprint density at radius 2 is 2.33 bits per heavy atom. The number of ether oxygens (including phenoxy) is 1. The molecule has 1 aromatic rings. The molecule has 0 spiro atoms. The molecule has 0 bridgehead atoms. The number of nitrogens with zero attached hydrogens (tertiary/aromatic N) is 2. The zero-order chi connectivity index (χ0) is 15.2. The minimum Gasteiger partial charge on any atom is -0.496 e. The normalized spacial score (nSPS) is 18.8. The van der Waals surface area contributed by atoms with E-state index >= 15 is 0 Å². The van der Waals surface area contributed by atoms with Crippen LogP contribution in [0.1, 0.15) is 30.4 Å². The zero-order valence-corrected chi connectivity index (χ0v) is 12.6. The maximum absolute atomic E-state index is 12.0. The molecule has 2 rings (SSSR count). The van der Waals surface area contributed by atoms with Gasteiger partial charge in [0.1, 0.15) is 5.75 Å². The molecular formula is C16H21N3O2. The van der Waals surface area contributed by atoms with Crippen molar-refractivity contribution in [2.24, 2.45) is 0 Å². The predicted octanol–water partition coefficient (Wildman–Crippen LogP) is 1.67. The summed E-state index contributed by atoms with van der Waals surface area (Å²) in [5.74, 6) is 0.820. The van der Waals surface area contributed by atoms with E-state index < -0.39 is 0 Å². The van der Waals surface area contributed by atoms with Gasteiger partial charge in [0.25, 0.3) is 0 Å². The Labute approximate surface area is 125 Å². The molecule has 0 radical (unpaired) electrons. The zero-order valence-electron chi connectivity index (χ0n) is 12.6. The van der Waals surface area contributed by atoms with Crippen LogP contribution in [0.4, 0.5) is 0 Å². The minimum atomic E-state index is -0.0980. The highest BCUT2D eigenvalue weighted by atomic mass is 16.5. The third-order valence-electron chi connectivity index (χ3n) is 3.95. The largest absolute Gasteiger partial charge is 0.496 e. The number of nitrogens with one attached hydrogen (secondary N) is 1. The van der Waals surface area contributed by atoms with Crippen LogP contribution in [0, 0.1) is 11.3 Å². The van der Waals surface area contributed by atoms with E-state index in [0.717, 1.165) is 37.1 Å². The summed E-state index contributed by atoms with van der Waals surface area (Å²) in [7, 11) is 3.29. The maximum atomic E-state index is 12.0. The smallest absolute Gasteiger partial charge is 0.237 e. The Morgan fingerprint density at radius 3 is 3.00 bits per heavy atom. The number of hydrogen-bond donors (Lipinski definition) is 1. The molecule has 1 aromatic carbocycles. The third-order valence-corrected chi connectivity index (χ3v) is 3.95. The number of likely N-dealkylation sites (N-methyl/N-ethyl adjacent to an activating group) is 1. The van der Waals surface area contributed by atoms with Gasteiger partial charge in [-0.2, -0.15) is 5.26 Å². The first-order chi connectivity index (χ1) is 10.2. The predicted molar refractivity (Wildman–Crippen MR) is 79.8 cm³/mol.